The normalized spacial score (nSPS) is 10.8. The summed E-state index contributed by atoms with van der Waals surface area (Å²) >= 11 is 0. The van der Waals surface area contributed by atoms with E-state index in [1.165, 1.54) is 4.68 Å². The third-order valence-electron chi connectivity index (χ3n) is 2.41. The van der Waals surface area contributed by atoms with Crippen molar-refractivity contribution >= 4 is 5.97 Å². The van der Waals surface area contributed by atoms with E-state index in [4.69, 9.17) is 5.11 Å². The summed E-state index contributed by atoms with van der Waals surface area (Å²) in [6.45, 7) is 0.258. The van der Waals surface area contributed by atoms with Gasteiger partial charge >= 0.3 is 5.97 Å². The fraction of sp³-hybridized carbons (Fsp3) is 0.167. The highest BCUT2D eigenvalue weighted by Crippen LogP contribution is 2.21. The summed E-state index contributed by atoms with van der Waals surface area (Å²) in [4.78, 5) is 10.8. The molecule has 2 aromatic rings. The zero-order valence-electron chi connectivity index (χ0n) is 9.25. The first-order chi connectivity index (χ1) is 8.58. The largest absolute Gasteiger partial charge is 0.478 e. The molecule has 1 heterocycles. The van der Waals surface area contributed by atoms with Crippen LogP contribution < -0.4 is 0 Å². The number of hydrogen-bond donors (Lipinski definition) is 1. The smallest absolute Gasteiger partial charge is 0.339 e. The average molecular weight is 252 g/mol. The van der Waals surface area contributed by atoms with Gasteiger partial charge in [-0.25, -0.2) is 13.6 Å². The molecule has 1 aromatic carbocycles. The lowest BCUT2D eigenvalue weighted by Crippen LogP contribution is -2.01. The van der Waals surface area contributed by atoms with Crippen LogP contribution in [0, 0.1) is 0 Å². The summed E-state index contributed by atoms with van der Waals surface area (Å²) in [5, 5.41) is 12.4. The van der Waals surface area contributed by atoms with Crippen LogP contribution in [0.4, 0.5) is 8.78 Å². The maximum Gasteiger partial charge on any atom is 0.339 e. The summed E-state index contributed by atoms with van der Waals surface area (Å²) in [5.74, 6) is -1.40. The number of alkyl halides is 2. The lowest BCUT2D eigenvalue weighted by atomic mass is 10.2. The van der Waals surface area contributed by atoms with Crippen molar-refractivity contribution in [1.82, 2.24) is 9.78 Å². The Balaban J connectivity index is 2.30. The average Bonchev–Trinajstić information content (AvgIpc) is 2.74. The Hall–Kier alpha value is -2.24. The number of carbonyl (C=O) groups is 1. The van der Waals surface area contributed by atoms with Crippen molar-refractivity contribution in [3.8, 4) is 0 Å². The molecule has 0 radical (unpaired) electrons. The highest BCUT2D eigenvalue weighted by atomic mass is 19.3. The van der Waals surface area contributed by atoms with Gasteiger partial charge in [0.05, 0.1) is 6.54 Å². The molecule has 0 atom stereocenters. The molecule has 0 saturated heterocycles. The van der Waals surface area contributed by atoms with E-state index in [-0.39, 0.29) is 6.54 Å². The van der Waals surface area contributed by atoms with Crippen LogP contribution in [0.5, 0.6) is 0 Å². The number of halogens is 2. The first-order valence-corrected chi connectivity index (χ1v) is 5.20. The summed E-state index contributed by atoms with van der Waals surface area (Å²) in [6.07, 6.45) is -1.77. The van der Waals surface area contributed by atoms with Crippen LogP contribution >= 0.6 is 0 Å². The van der Waals surface area contributed by atoms with E-state index in [9.17, 15) is 13.6 Å². The van der Waals surface area contributed by atoms with Crippen LogP contribution in [0.3, 0.4) is 0 Å². The number of rotatable bonds is 4. The van der Waals surface area contributed by atoms with E-state index in [0.717, 1.165) is 11.8 Å². The topological polar surface area (TPSA) is 55.1 Å². The van der Waals surface area contributed by atoms with Crippen molar-refractivity contribution in [2.75, 3.05) is 0 Å². The number of carboxylic acids is 1. The monoisotopic (exact) mass is 252 g/mol. The molecular formula is C12H10F2N2O2. The molecular weight excluding hydrogens is 242 g/mol. The molecule has 1 aromatic heterocycles. The molecule has 0 aliphatic heterocycles. The molecule has 0 aliphatic carbocycles. The number of nitrogens with zero attached hydrogens (tertiary/aromatic N) is 2. The summed E-state index contributed by atoms with van der Waals surface area (Å²) in [6, 6.07) is 9.07. The Morgan fingerprint density at radius 1 is 1.33 bits per heavy atom. The summed E-state index contributed by atoms with van der Waals surface area (Å²) in [7, 11) is 0. The SMILES string of the molecule is O=C(O)c1cn(Cc2ccccc2)nc1C(F)F. The molecule has 1 N–H and O–H groups in total. The van der Waals surface area contributed by atoms with E-state index < -0.39 is 23.7 Å². The second-order valence-corrected chi connectivity index (χ2v) is 3.72. The molecule has 4 nitrogen and oxygen atoms in total. The number of carboxylic acid groups (broad SMARTS) is 1. The Morgan fingerprint density at radius 3 is 2.50 bits per heavy atom. The minimum atomic E-state index is -2.90. The number of benzene rings is 1. The molecule has 2 rings (SSSR count). The van der Waals surface area contributed by atoms with Gasteiger partial charge in [0, 0.05) is 6.20 Å². The van der Waals surface area contributed by atoms with Gasteiger partial charge in [-0.2, -0.15) is 5.10 Å². The molecule has 0 aliphatic rings. The van der Waals surface area contributed by atoms with Gasteiger partial charge in [0.1, 0.15) is 11.3 Å². The fourth-order valence-corrected chi connectivity index (χ4v) is 1.61. The van der Waals surface area contributed by atoms with Crippen molar-refractivity contribution in [2.45, 2.75) is 13.0 Å². The maximum absolute atomic E-state index is 12.6. The van der Waals surface area contributed by atoms with E-state index in [1.807, 2.05) is 30.3 Å². The van der Waals surface area contributed by atoms with Gasteiger partial charge in [-0.1, -0.05) is 30.3 Å². The molecule has 0 saturated carbocycles. The van der Waals surface area contributed by atoms with Gasteiger partial charge in [0.15, 0.2) is 0 Å². The zero-order chi connectivity index (χ0) is 13.1. The van der Waals surface area contributed by atoms with Crippen molar-refractivity contribution in [3.05, 3.63) is 53.3 Å². The highest BCUT2D eigenvalue weighted by molar-refractivity contribution is 5.88. The van der Waals surface area contributed by atoms with E-state index >= 15 is 0 Å². The van der Waals surface area contributed by atoms with Crippen LogP contribution in [0.25, 0.3) is 0 Å². The van der Waals surface area contributed by atoms with E-state index in [0.29, 0.717) is 0 Å². The van der Waals surface area contributed by atoms with Gasteiger partial charge in [0.2, 0.25) is 0 Å². The quantitative estimate of drug-likeness (QED) is 0.909. The Labute approximate surface area is 101 Å². The molecule has 0 spiro atoms. The second kappa shape index (κ2) is 4.95. The van der Waals surface area contributed by atoms with E-state index in [2.05, 4.69) is 5.10 Å². The third kappa shape index (κ3) is 2.53. The van der Waals surface area contributed by atoms with Gasteiger partial charge < -0.3 is 5.11 Å². The van der Waals surface area contributed by atoms with Crippen molar-refractivity contribution < 1.29 is 18.7 Å². The van der Waals surface area contributed by atoms with Crippen LogP contribution in [0.1, 0.15) is 28.0 Å². The molecule has 94 valence electrons. The van der Waals surface area contributed by atoms with Gasteiger partial charge in [-0.05, 0) is 5.56 Å². The second-order valence-electron chi connectivity index (χ2n) is 3.72. The van der Waals surface area contributed by atoms with Crippen LogP contribution in [-0.2, 0) is 6.54 Å². The first kappa shape index (κ1) is 12.2. The number of aromatic nitrogens is 2. The fourth-order valence-electron chi connectivity index (χ4n) is 1.61. The van der Waals surface area contributed by atoms with Crippen LogP contribution in [0.2, 0.25) is 0 Å². The van der Waals surface area contributed by atoms with Gasteiger partial charge in [-0.15, -0.1) is 0 Å². The van der Waals surface area contributed by atoms with Crippen LogP contribution in [0.15, 0.2) is 36.5 Å². The van der Waals surface area contributed by atoms with Gasteiger partial charge in [-0.3, -0.25) is 4.68 Å². The predicted octanol–water partition coefficient (Wildman–Crippen LogP) is 2.57. The minimum absolute atomic E-state index is 0.258. The molecule has 0 fully saturated rings. The predicted molar refractivity (Wildman–Crippen MR) is 59.7 cm³/mol. The molecule has 18 heavy (non-hydrogen) atoms. The van der Waals surface area contributed by atoms with E-state index in [1.54, 1.807) is 0 Å². The standard InChI is InChI=1S/C12H10F2N2O2/c13-11(14)10-9(12(17)18)7-16(15-10)6-8-4-2-1-3-5-8/h1-5,7,11H,6H2,(H,17,18). The summed E-state index contributed by atoms with van der Waals surface area (Å²) in [5.41, 5.74) is -0.294. The first-order valence-electron chi connectivity index (χ1n) is 5.20. The third-order valence-corrected chi connectivity index (χ3v) is 2.41. The molecule has 0 bridgehead atoms. The van der Waals surface area contributed by atoms with Crippen LogP contribution in [-0.4, -0.2) is 20.9 Å². The molecule has 0 amide bonds. The van der Waals surface area contributed by atoms with Gasteiger partial charge in [0.25, 0.3) is 6.43 Å². The molecule has 6 heteroatoms. The maximum atomic E-state index is 12.6. The molecule has 0 unspecified atom stereocenters. The van der Waals surface area contributed by atoms with Crippen molar-refractivity contribution in [2.24, 2.45) is 0 Å². The zero-order valence-corrected chi connectivity index (χ0v) is 9.25. The van der Waals surface area contributed by atoms with Crippen molar-refractivity contribution in [1.29, 1.82) is 0 Å². The lowest BCUT2D eigenvalue weighted by molar-refractivity contribution is 0.0684. The summed E-state index contributed by atoms with van der Waals surface area (Å²) < 4.78 is 26.4. The number of aromatic carboxylic acids is 1. The lowest BCUT2D eigenvalue weighted by Gasteiger charge is -2.00. The minimum Gasteiger partial charge on any atom is -0.478 e. The highest BCUT2D eigenvalue weighted by Gasteiger charge is 2.22. The van der Waals surface area contributed by atoms with Crippen molar-refractivity contribution in [3.63, 3.8) is 0 Å². The Kier molecular flexibility index (Phi) is 3.36. The Bertz CT molecular complexity index is 552. The Morgan fingerprint density at radius 2 is 2.00 bits per heavy atom. The number of hydrogen-bond acceptors (Lipinski definition) is 2.